The molecule has 0 unspecified atom stereocenters. The normalized spacial score (nSPS) is 36.6. The zero-order valence-corrected chi connectivity index (χ0v) is 21.2. The molecule has 0 aromatic rings. The summed E-state index contributed by atoms with van der Waals surface area (Å²) in [5.74, 6) is 1.50. The number of carbonyl (C=O) groups is 1. The Bertz CT molecular complexity index is 688. The van der Waals surface area contributed by atoms with E-state index in [9.17, 15) is 4.79 Å². The number of allylic oxidation sites excluding steroid dienone is 1. The number of hydrogen-bond donors (Lipinski definition) is 1. The molecule has 1 amide bonds. The van der Waals surface area contributed by atoms with Gasteiger partial charge in [-0.1, -0.05) is 43.8 Å². The average Bonchev–Trinajstić information content (AvgIpc) is 3.72. The van der Waals surface area contributed by atoms with Crippen LogP contribution in [0.2, 0.25) is 0 Å². The summed E-state index contributed by atoms with van der Waals surface area (Å²) in [4.78, 5) is 14.7. The van der Waals surface area contributed by atoms with E-state index in [2.05, 4.69) is 31.7 Å². The summed E-state index contributed by atoms with van der Waals surface area (Å²) in [6, 6.07) is 0. The van der Waals surface area contributed by atoms with Crippen LogP contribution in [0.3, 0.4) is 0 Å². The molecule has 4 atom stereocenters. The Hall–Kier alpha value is -1.11. The SMILES string of the molecule is CC(C)=CC[C@H]1O[C@]1(C)[C@H]1CCCC[C@]12CO2.O=C(O)N1CCN(CC2CCCCC2)CC1. The van der Waals surface area contributed by atoms with Crippen molar-refractivity contribution in [2.24, 2.45) is 11.8 Å². The van der Waals surface area contributed by atoms with Gasteiger partial charge in [-0.05, 0) is 58.8 Å². The summed E-state index contributed by atoms with van der Waals surface area (Å²) in [7, 11) is 0. The van der Waals surface area contributed by atoms with E-state index < -0.39 is 6.09 Å². The molecule has 0 bridgehead atoms. The van der Waals surface area contributed by atoms with Crippen LogP contribution in [0.5, 0.6) is 0 Å². The lowest BCUT2D eigenvalue weighted by Crippen LogP contribution is -2.49. The largest absolute Gasteiger partial charge is 0.465 e. The Labute approximate surface area is 200 Å². The van der Waals surface area contributed by atoms with E-state index in [0.717, 1.165) is 32.0 Å². The van der Waals surface area contributed by atoms with Crippen molar-refractivity contribution in [3.05, 3.63) is 11.6 Å². The molecular weight excluding hydrogens is 416 g/mol. The van der Waals surface area contributed by atoms with Gasteiger partial charge in [0.15, 0.2) is 0 Å². The minimum atomic E-state index is -0.766. The number of epoxide rings is 2. The number of nitrogens with zero attached hydrogens (tertiary/aromatic N) is 2. The third-order valence-corrected chi connectivity index (χ3v) is 8.79. The van der Waals surface area contributed by atoms with Crippen molar-refractivity contribution in [1.82, 2.24) is 9.80 Å². The molecule has 3 saturated heterocycles. The molecule has 5 fully saturated rings. The lowest BCUT2D eigenvalue weighted by molar-refractivity contribution is 0.0885. The minimum absolute atomic E-state index is 0.100. The molecule has 2 saturated carbocycles. The van der Waals surface area contributed by atoms with E-state index in [1.54, 1.807) is 0 Å². The molecule has 1 N–H and O–H groups in total. The van der Waals surface area contributed by atoms with Crippen molar-refractivity contribution in [1.29, 1.82) is 0 Å². The highest BCUT2D eigenvalue weighted by atomic mass is 16.6. The van der Waals surface area contributed by atoms with Gasteiger partial charge in [-0.15, -0.1) is 0 Å². The van der Waals surface area contributed by atoms with Crippen LogP contribution < -0.4 is 0 Å². The molecule has 6 nitrogen and oxygen atoms in total. The highest BCUT2D eigenvalue weighted by Gasteiger charge is 2.67. The van der Waals surface area contributed by atoms with Gasteiger partial charge in [0.05, 0.1) is 23.9 Å². The Morgan fingerprint density at radius 1 is 1.03 bits per heavy atom. The third kappa shape index (κ3) is 6.32. The van der Waals surface area contributed by atoms with Gasteiger partial charge in [0.1, 0.15) is 0 Å². The molecule has 5 rings (SSSR count). The summed E-state index contributed by atoms with van der Waals surface area (Å²) in [5, 5.41) is 8.85. The summed E-state index contributed by atoms with van der Waals surface area (Å²) < 4.78 is 11.8. The first-order valence-corrected chi connectivity index (χ1v) is 13.5. The second-order valence-corrected chi connectivity index (χ2v) is 11.5. The molecule has 2 aliphatic carbocycles. The van der Waals surface area contributed by atoms with Crippen molar-refractivity contribution in [2.75, 3.05) is 39.3 Å². The van der Waals surface area contributed by atoms with Gasteiger partial charge in [-0.2, -0.15) is 0 Å². The zero-order valence-electron chi connectivity index (χ0n) is 21.2. The van der Waals surface area contributed by atoms with Crippen LogP contribution in [0.15, 0.2) is 11.6 Å². The van der Waals surface area contributed by atoms with Gasteiger partial charge >= 0.3 is 6.09 Å². The molecule has 33 heavy (non-hydrogen) atoms. The number of rotatable bonds is 5. The molecule has 1 spiro atoms. The van der Waals surface area contributed by atoms with Gasteiger partial charge in [0.25, 0.3) is 0 Å². The Morgan fingerprint density at radius 3 is 2.30 bits per heavy atom. The van der Waals surface area contributed by atoms with E-state index in [4.69, 9.17) is 14.6 Å². The average molecular weight is 463 g/mol. The number of hydrogen-bond acceptors (Lipinski definition) is 4. The number of carboxylic acid groups (broad SMARTS) is 1. The van der Waals surface area contributed by atoms with Crippen LogP contribution in [0.25, 0.3) is 0 Å². The topological polar surface area (TPSA) is 68.8 Å². The Morgan fingerprint density at radius 2 is 1.70 bits per heavy atom. The molecular formula is C27H46N2O4. The van der Waals surface area contributed by atoms with Crippen LogP contribution >= 0.6 is 0 Å². The Balaban J connectivity index is 0.000000157. The third-order valence-electron chi connectivity index (χ3n) is 8.79. The van der Waals surface area contributed by atoms with Gasteiger partial charge < -0.3 is 19.5 Å². The van der Waals surface area contributed by atoms with Crippen LogP contribution in [0.4, 0.5) is 4.79 Å². The summed E-state index contributed by atoms with van der Waals surface area (Å²) >= 11 is 0. The molecule has 5 aliphatic rings. The Kier molecular flexibility index (Phi) is 8.07. The summed E-state index contributed by atoms with van der Waals surface area (Å²) in [5.41, 5.74) is 1.71. The number of amides is 1. The molecule has 0 radical (unpaired) electrons. The van der Waals surface area contributed by atoms with Crippen molar-refractivity contribution in [2.45, 2.75) is 102 Å². The molecule has 3 aliphatic heterocycles. The van der Waals surface area contributed by atoms with Gasteiger partial charge in [0, 0.05) is 38.6 Å². The van der Waals surface area contributed by atoms with Crippen LogP contribution in [0.1, 0.15) is 85.0 Å². The van der Waals surface area contributed by atoms with Gasteiger partial charge in [0.2, 0.25) is 0 Å². The van der Waals surface area contributed by atoms with Crippen molar-refractivity contribution in [3.8, 4) is 0 Å². The number of piperazine rings is 1. The molecule has 3 heterocycles. The first kappa shape index (κ1) is 25.0. The van der Waals surface area contributed by atoms with E-state index in [0.29, 0.717) is 25.1 Å². The standard InChI is InChI=1S/C15H24O2.C12H22N2O2/c1-11(2)7-8-13-14(3,17-13)12-6-4-5-9-15(12)10-16-15;15-12(16)14-8-6-13(7-9-14)10-11-4-2-1-3-5-11/h7,12-13H,4-6,8-10H2,1-3H3;11H,1-10H2,(H,15,16)/t12-,13-,14-,15+;/m1./s1. The zero-order chi connectivity index (χ0) is 23.5. The summed E-state index contributed by atoms with van der Waals surface area (Å²) in [6.45, 7) is 12.0. The highest BCUT2D eigenvalue weighted by Crippen LogP contribution is 2.58. The van der Waals surface area contributed by atoms with Gasteiger partial charge in [-0.3, -0.25) is 4.90 Å². The van der Waals surface area contributed by atoms with Crippen LogP contribution in [0, 0.1) is 11.8 Å². The highest BCUT2D eigenvalue weighted by molar-refractivity contribution is 5.65. The fraction of sp³-hybridized carbons (Fsp3) is 0.889. The lowest BCUT2D eigenvalue weighted by atomic mass is 9.71. The van der Waals surface area contributed by atoms with E-state index >= 15 is 0 Å². The maximum atomic E-state index is 10.8. The maximum Gasteiger partial charge on any atom is 0.407 e. The first-order chi connectivity index (χ1) is 15.8. The number of ether oxygens (including phenoxy) is 2. The molecule has 0 aromatic carbocycles. The second kappa shape index (κ2) is 10.7. The summed E-state index contributed by atoms with van der Waals surface area (Å²) in [6.07, 6.45) is 15.2. The minimum Gasteiger partial charge on any atom is -0.465 e. The fourth-order valence-electron chi connectivity index (χ4n) is 6.52. The predicted molar refractivity (Wildman–Crippen MR) is 131 cm³/mol. The van der Waals surface area contributed by atoms with E-state index in [1.165, 1.54) is 74.8 Å². The smallest absolute Gasteiger partial charge is 0.407 e. The van der Waals surface area contributed by atoms with Gasteiger partial charge in [-0.25, -0.2) is 4.79 Å². The van der Waals surface area contributed by atoms with Crippen molar-refractivity contribution < 1.29 is 19.4 Å². The predicted octanol–water partition coefficient (Wildman–Crippen LogP) is 5.32. The first-order valence-electron chi connectivity index (χ1n) is 13.5. The van der Waals surface area contributed by atoms with Crippen LogP contribution in [-0.2, 0) is 9.47 Å². The molecule has 6 heteroatoms. The quantitative estimate of drug-likeness (QED) is 0.442. The monoisotopic (exact) mass is 462 g/mol. The van der Waals surface area contributed by atoms with E-state index in [1.807, 2.05) is 0 Å². The molecule has 0 aromatic heterocycles. The second-order valence-electron chi connectivity index (χ2n) is 11.5. The lowest BCUT2D eigenvalue weighted by Gasteiger charge is -2.36. The molecule has 188 valence electrons. The van der Waals surface area contributed by atoms with E-state index in [-0.39, 0.29) is 11.2 Å². The van der Waals surface area contributed by atoms with Crippen LogP contribution in [-0.4, -0.2) is 77.6 Å². The fourth-order valence-corrected chi connectivity index (χ4v) is 6.52. The van der Waals surface area contributed by atoms with Crippen molar-refractivity contribution >= 4 is 6.09 Å². The maximum absolute atomic E-state index is 10.8. The van der Waals surface area contributed by atoms with Crippen molar-refractivity contribution in [3.63, 3.8) is 0 Å².